The highest BCUT2D eigenvalue weighted by atomic mass is 16.5. The van der Waals surface area contributed by atoms with Gasteiger partial charge in [0.15, 0.2) is 0 Å². The maximum Gasteiger partial charge on any atom is 0.274 e. The third-order valence-electron chi connectivity index (χ3n) is 4.22. The van der Waals surface area contributed by atoms with Gasteiger partial charge in [-0.05, 0) is 56.2 Å². The maximum atomic E-state index is 12.7. The number of amides is 1. The van der Waals surface area contributed by atoms with Crippen LogP contribution in [0.15, 0.2) is 42.5 Å². The average Bonchev–Trinajstić information content (AvgIpc) is 2.66. The van der Waals surface area contributed by atoms with E-state index >= 15 is 0 Å². The van der Waals surface area contributed by atoms with Crippen LogP contribution in [0.3, 0.4) is 0 Å². The first-order chi connectivity index (χ1) is 13.9. The Morgan fingerprint density at radius 1 is 0.897 bits per heavy atom. The van der Waals surface area contributed by atoms with E-state index in [1.54, 1.807) is 45.4 Å². The maximum absolute atomic E-state index is 12.7. The number of nitrogens with zero attached hydrogens (tertiary/aromatic N) is 2. The topological polar surface area (TPSA) is 85.4 Å². The molecule has 1 aromatic heterocycles. The van der Waals surface area contributed by atoms with Crippen molar-refractivity contribution in [2.75, 3.05) is 24.9 Å². The Bertz CT molecular complexity index is 1030. The molecule has 0 unspecified atom stereocenters. The number of benzene rings is 2. The summed E-state index contributed by atoms with van der Waals surface area (Å²) in [6, 6.07) is 12.9. The number of methoxy groups -OCH3 is 2. The summed E-state index contributed by atoms with van der Waals surface area (Å²) in [6.45, 7) is 5.71. The largest absolute Gasteiger partial charge is 0.497 e. The Kier molecular flexibility index (Phi) is 5.97. The molecule has 7 nitrogen and oxygen atoms in total. The van der Waals surface area contributed by atoms with E-state index in [1.807, 2.05) is 32.0 Å². The van der Waals surface area contributed by atoms with Crippen LogP contribution in [0.5, 0.6) is 11.5 Å². The second kappa shape index (κ2) is 8.60. The number of aromatic nitrogens is 2. The molecule has 7 heteroatoms. The predicted molar refractivity (Wildman–Crippen MR) is 113 cm³/mol. The fourth-order valence-corrected chi connectivity index (χ4v) is 3.04. The summed E-state index contributed by atoms with van der Waals surface area (Å²) < 4.78 is 10.7. The van der Waals surface area contributed by atoms with Crippen molar-refractivity contribution < 1.29 is 14.3 Å². The lowest BCUT2D eigenvalue weighted by molar-refractivity contribution is 0.102. The van der Waals surface area contributed by atoms with Gasteiger partial charge in [0.05, 0.1) is 19.9 Å². The van der Waals surface area contributed by atoms with Crippen LogP contribution in [0, 0.1) is 20.8 Å². The second-order valence-corrected chi connectivity index (χ2v) is 6.71. The van der Waals surface area contributed by atoms with E-state index in [-0.39, 0.29) is 11.6 Å². The molecule has 0 aliphatic rings. The van der Waals surface area contributed by atoms with Crippen LogP contribution >= 0.6 is 0 Å². The summed E-state index contributed by atoms with van der Waals surface area (Å²) in [5.41, 5.74) is 3.82. The van der Waals surface area contributed by atoms with Crippen molar-refractivity contribution in [3.8, 4) is 11.5 Å². The summed E-state index contributed by atoms with van der Waals surface area (Å²) in [6.07, 6.45) is 0. The first-order valence-electron chi connectivity index (χ1n) is 9.12. The molecule has 3 aromatic rings. The molecule has 0 bridgehead atoms. The number of carbonyl (C=O) groups excluding carboxylic acids is 1. The van der Waals surface area contributed by atoms with Gasteiger partial charge in [-0.15, -0.1) is 0 Å². The lowest BCUT2D eigenvalue weighted by Gasteiger charge is -2.13. The number of rotatable bonds is 6. The Morgan fingerprint density at radius 3 is 2.28 bits per heavy atom. The van der Waals surface area contributed by atoms with Crippen molar-refractivity contribution in [1.29, 1.82) is 0 Å². The van der Waals surface area contributed by atoms with Crippen LogP contribution in [0.2, 0.25) is 0 Å². The number of hydrogen-bond donors (Lipinski definition) is 2. The number of hydrogen-bond acceptors (Lipinski definition) is 6. The molecule has 150 valence electrons. The van der Waals surface area contributed by atoms with Crippen LogP contribution in [0.1, 0.15) is 27.4 Å². The summed E-state index contributed by atoms with van der Waals surface area (Å²) in [7, 11) is 3.18. The lowest BCUT2D eigenvalue weighted by atomic mass is 10.1. The first kappa shape index (κ1) is 20.1. The fourth-order valence-electron chi connectivity index (χ4n) is 3.04. The Hall–Kier alpha value is -3.61. The molecule has 2 N–H and O–H groups in total. The van der Waals surface area contributed by atoms with Gasteiger partial charge in [-0.3, -0.25) is 4.79 Å². The molecule has 1 heterocycles. The second-order valence-electron chi connectivity index (χ2n) is 6.71. The molecule has 0 spiro atoms. The third kappa shape index (κ3) is 5.01. The Morgan fingerprint density at radius 2 is 1.62 bits per heavy atom. The van der Waals surface area contributed by atoms with Crippen molar-refractivity contribution in [2.24, 2.45) is 0 Å². The van der Waals surface area contributed by atoms with E-state index in [2.05, 4.69) is 20.6 Å². The van der Waals surface area contributed by atoms with E-state index in [9.17, 15) is 4.79 Å². The summed E-state index contributed by atoms with van der Waals surface area (Å²) in [4.78, 5) is 21.4. The van der Waals surface area contributed by atoms with Crippen LogP contribution < -0.4 is 20.1 Å². The van der Waals surface area contributed by atoms with Gasteiger partial charge >= 0.3 is 0 Å². The quantitative estimate of drug-likeness (QED) is 0.646. The molecular formula is C22H24N4O3. The highest BCUT2D eigenvalue weighted by molar-refractivity contribution is 6.03. The molecule has 1 amide bonds. The van der Waals surface area contributed by atoms with Gasteiger partial charge in [-0.1, -0.05) is 6.07 Å². The Balaban J connectivity index is 1.87. The zero-order valence-electron chi connectivity index (χ0n) is 17.2. The van der Waals surface area contributed by atoms with E-state index < -0.39 is 0 Å². The zero-order valence-corrected chi connectivity index (χ0v) is 17.2. The fraction of sp³-hybridized carbons (Fsp3) is 0.227. The summed E-state index contributed by atoms with van der Waals surface area (Å²) >= 11 is 0. The molecule has 0 fully saturated rings. The monoisotopic (exact) mass is 392 g/mol. The molecule has 3 rings (SSSR count). The highest BCUT2D eigenvalue weighted by Gasteiger charge is 2.13. The van der Waals surface area contributed by atoms with E-state index in [1.165, 1.54) is 0 Å². The zero-order chi connectivity index (χ0) is 21.0. The molecule has 0 aliphatic heterocycles. The van der Waals surface area contributed by atoms with Crippen LogP contribution in [0.25, 0.3) is 0 Å². The minimum absolute atomic E-state index is 0.265. The predicted octanol–water partition coefficient (Wildman–Crippen LogP) is 4.41. The van der Waals surface area contributed by atoms with E-state index in [0.717, 1.165) is 16.8 Å². The normalized spacial score (nSPS) is 10.4. The minimum atomic E-state index is -0.304. The molecule has 0 atom stereocenters. The molecule has 0 aliphatic carbocycles. The first-order valence-corrected chi connectivity index (χ1v) is 9.12. The van der Waals surface area contributed by atoms with Gasteiger partial charge in [-0.25, -0.2) is 9.97 Å². The minimum Gasteiger partial charge on any atom is -0.497 e. The summed E-state index contributed by atoms with van der Waals surface area (Å²) in [5, 5.41) is 6.08. The van der Waals surface area contributed by atoms with Gasteiger partial charge in [0.1, 0.15) is 28.8 Å². The van der Waals surface area contributed by atoms with Crippen molar-refractivity contribution in [3.63, 3.8) is 0 Å². The SMILES string of the molecule is COc1ccc(OC)c(Nc2cc(C(=O)Nc3cc(C)cc(C)c3)nc(C)n2)c1. The van der Waals surface area contributed by atoms with E-state index in [4.69, 9.17) is 9.47 Å². The molecule has 0 saturated carbocycles. The van der Waals surface area contributed by atoms with Crippen molar-refractivity contribution in [3.05, 3.63) is 65.1 Å². The molecule has 0 radical (unpaired) electrons. The Labute approximate surface area is 170 Å². The van der Waals surface area contributed by atoms with Crippen molar-refractivity contribution in [1.82, 2.24) is 9.97 Å². The van der Waals surface area contributed by atoms with Gasteiger partial charge in [-0.2, -0.15) is 0 Å². The smallest absolute Gasteiger partial charge is 0.274 e. The van der Waals surface area contributed by atoms with Crippen molar-refractivity contribution >= 4 is 23.1 Å². The number of ether oxygens (including phenoxy) is 2. The third-order valence-corrected chi connectivity index (χ3v) is 4.22. The van der Waals surface area contributed by atoms with Crippen LogP contribution in [0.4, 0.5) is 17.2 Å². The highest BCUT2D eigenvalue weighted by Crippen LogP contribution is 2.31. The van der Waals surface area contributed by atoms with E-state index in [0.29, 0.717) is 28.8 Å². The molecule has 2 aromatic carbocycles. The van der Waals surface area contributed by atoms with Gasteiger partial charge in [0.25, 0.3) is 5.91 Å². The van der Waals surface area contributed by atoms with Gasteiger partial charge in [0, 0.05) is 17.8 Å². The average molecular weight is 392 g/mol. The number of aryl methyl sites for hydroxylation is 3. The summed E-state index contributed by atoms with van der Waals surface area (Å²) in [5.74, 6) is 1.95. The van der Waals surface area contributed by atoms with Crippen molar-refractivity contribution in [2.45, 2.75) is 20.8 Å². The van der Waals surface area contributed by atoms with Gasteiger partial charge in [0.2, 0.25) is 0 Å². The molecule has 0 saturated heterocycles. The molecular weight excluding hydrogens is 368 g/mol. The standard InChI is InChI=1S/C22H24N4O3/c1-13-8-14(2)10-16(9-13)25-22(27)19-12-21(24-15(3)23-19)26-18-11-17(28-4)6-7-20(18)29-5/h6-12H,1-5H3,(H,25,27)(H,23,24,26). The molecule has 29 heavy (non-hydrogen) atoms. The van der Waals surface area contributed by atoms with Gasteiger partial charge < -0.3 is 20.1 Å². The lowest BCUT2D eigenvalue weighted by Crippen LogP contribution is -2.15. The van der Waals surface area contributed by atoms with Crippen LogP contribution in [-0.2, 0) is 0 Å². The number of nitrogens with one attached hydrogen (secondary N) is 2. The number of anilines is 3. The van der Waals surface area contributed by atoms with Crippen LogP contribution in [-0.4, -0.2) is 30.1 Å². The number of carbonyl (C=O) groups is 1.